The van der Waals surface area contributed by atoms with Crippen LogP contribution in [0.15, 0.2) is 0 Å². The van der Waals surface area contributed by atoms with Crippen LogP contribution in [0.1, 0.15) is 27.7 Å². The molecule has 0 saturated heterocycles. The van der Waals surface area contributed by atoms with Gasteiger partial charge in [-0.1, -0.05) is 0 Å². The number of aliphatic hydroxyl groups excluding tert-OH is 3. The lowest BCUT2D eigenvalue weighted by Crippen LogP contribution is -2.65. The summed E-state index contributed by atoms with van der Waals surface area (Å²) in [5, 5.41) is 47.5. The quantitative estimate of drug-likeness (QED) is 0.383. The molecule has 0 heterocycles. The van der Waals surface area contributed by atoms with Gasteiger partial charge in [-0.05, 0) is 27.7 Å². The fourth-order valence-electron chi connectivity index (χ4n) is 1.41. The summed E-state index contributed by atoms with van der Waals surface area (Å²) in [5.74, 6) is -1.03. The van der Waals surface area contributed by atoms with Crippen molar-refractivity contribution in [2.75, 3.05) is 0 Å². The molecule has 0 fully saturated rings. The van der Waals surface area contributed by atoms with E-state index in [1.54, 1.807) is 0 Å². The van der Waals surface area contributed by atoms with Crippen molar-refractivity contribution in [3.8, 4) is 0 Å². The van der Waals surface area contributed by atoms with E-state index >= 15 is 0 Å². The van der Waals surface area contributed by atoms with E-state index in [-0.39, 0.29) is 0 Å². The maximum atomic E-state index is 11.5. The number of carbonyl (C=O) groups excluding carboxylic acids is 1. The van der Waals surface area contributed by atoms with Gasteiger partial charge in [0, 0.05) is 0 Å². The van der Waals surface area contributed by atoms with Gasteiger partial charge < -0.3 is 25.5 Å². The normalized spacial score (nSPS) is 25.1. The number of rotatable bonds is 5. The van der Waals surface area contributed by atoms with Crippen molar-refractivity contribution in [2.45, 2.75) is 57.2 Å². The highest BCUT2D eigenvalue weighted by atomic mass is 16.4. The molecule has 0 saturated carbocycles. The van der Waals surface area contributed by atoms with Crippen molar-refractivity contribution in [3.63, 3.8) is 0 Å². The number of carbonyl (C=O) groups is 1. The minimum atomic E-state index is -2.36. The number of ketones is 1. The molecule has 0 bridgehead atoms. The molecule has 0 rings (SSSR count). The largest absolute Gasteiger partial charge is 0.391 e. The maximum absolute atomic E-state index is 11.5. The Morgan fingerprint density at radius 2 is 1.44 bits per heavy atom. The van der Waals surface area contributed by atoms with Gasteiger partial charge in [0.2, 0.25) is 0 Å². The Balaban J connectivity index is 5.20. The molecule has 5 N–H and O–H groups in total. The van der Waals surface area contributed by atoms with E-state index < -0.39 is 35.3 Å². The van der Waals surface area contributed by atoms with E-state index in [4.69, 9.17) is 10.2 Å². The second-order valence-electron chi connectivity index (χ2n) is 4.45. The molecule has 0 aromatic heterocycles. The van der Waals surface area contributed by atoms with Crippen molar-refractivity contribution < 1.29 is 30.3 Å². The lowest BCUT2D eigenvalue weighted by molar-refractivity contribution is -0.209. The summed E-state index contributed by atoms with van der Waals surface area (Å²) in [5.41, 5.74) is -4.63. The van der Waals surface area contributed by atoms with Crippen LogP contribution in [0.25, 0.3) is 0 Å². The summed E-state index contributed by atoms with van der Waals surface area (Å²) in [7, 11) is 0. The lowest BCUT2D eigenvalue weighted by atomic mass is 9.76. The monoisotopic (exact) mass is 236 g/mol. The van der Waals surface area contributed by atoms with Gasteiger partial charge in [-0.15, -0.1) is 0 Å². The third kappa shape index (κ3) is 2.58. The third-order valence-corrected chi connectivity index (χ3v) is 2.88. The van der Waals surface area contributed by atoms with Crippen LogP contribution in [0.3, 0.4) is 0 Å². The molecule has 0 aliphatic rings. The second kappa shape index (κ2) is 4.77. The van der Waals surface area contributed by atoms with Crippen LogP contribution in [0.2, 0.25) is 0 Å². The molecule has 6 heteroatoms. The van der Waals surface area contributed by atoms with Gasteiger partial charge in [0.15, 0.2) is 11.4 Å². The molecular formula is C10H20O6. The van der Waals surface area contributed by atoms with Gasteiger partial charge in [0.05, 0.1) is 6.10 Å². The molecule has 0 radical (unpaired) electrons. The van der Waals surface area contributed by atoms with E-state index in [0.717, 1.165) is 20.8 Å². The smallest absolute Gasteiger partial charge is 0.195 e. The standard InChI is InChI=1S/C10H20O6/c1-5(11)7(13)9(3,15)10(4,16)8(14)6(2)12/h5-7,11-13,15-16H,1-4H3/t5?,6?,7-,9-,10-/m1/s1. The Labute approximate surface area is 94.2 Å². The van der Waals surface area contributed by atoms with Crippen LogP contribution in [-0.4, -0.2) is 60.8 Å². The Hall–Kier alpha value is -0.530. The first-order valence-electron chi connectivity index (χ1n) is 4.99. The SMILES string of the molecule is CC(O)C(=O)[C@@](C)(O)[C@](C)(O)[C@H](O)C(C)O. The first-order valence-corrected chi connectivity index (χ1v) is 4.99. The second-order valence-corrected chi connectivity index (χ2v) is 4.45. The summed E-state index contributed by atoms with van der Waals surface area (Å²) in [4.78, 5) is 11.5. The lowest BCUT2D eigenvalue weighted by Gasteiger charge is -2.41. The predicted molar refractivity (Wildman–Crippen MR) is 55.6 cm³/mol. The van der Waals surface area contributed by atoms with Crippen LogP contribution in [0.4, 0.5) is 0 Å². The molecule has 0 aromatic carbocycles. The fraction of sp³-hybridized carbons (Fsp3) is 0.900. The highest BCUT2D eigenvalue weighted by Gasteiger charge is 2.54. The van der Waals surface area contributed by atoms with Gasteiger partial charge in [0.1, 0.15) is 17.8 Å². The van der Waals surface area contributed by atoms with Crippen LogP contribution in [0, 0.1) is 0 Å². The van der Waals surface area contributed by atoms with Crippen LogP contribution >= 0.6 is 0 Å². The molecule has 0 aliphatic carbocycles. The number of hydrogen-bond donors (Lipinski definition) is 5. The van der Waals surface area contributed by atoms with E-state index in [0.29, 0.717) is 0 Å². The predicted octanol–water partition coefficient (Wildman–Crippen LogP) is -1.82. The zero-order valence-electron chi connectivity index (χ0n) is 9.88. The Morgan fingerprint density at radius 1 is 1.06 bits per heavy atom. The molecular weight excluding hydrogens is 216 g/mol. The molecule has 0 amide bonds. The van der Waals surface area contributed by atoms with Gasteiger partial charge in [-0.2, -0.15) is 0 Å². The van der Waals surface area contributed by atoms with E-state index in [1.165, 1.54) is 6.92 Å². The number of aliphatic hydroxyl groups is 5. The Bertz CT molecular complexity index is 256. The Morgan fingerprint density at radius 3 is 1.69 bits per heavy atom. The molecule has 16 heavy (non-hydrogen) atoms. The highest BCUT2D eigenvalue weighted by Crippen LogP contribution is 2.29. The summed E-state index contributed by atoms with van der Waals surface area (Å²) in [6, 6.07) is 0. The first-order chi connectivity index (χ1) is 6.96. The molecule has 0 aliphatic heterocycles. The van der Waals surface area contributed by atoms with Crippen LogP contribution in [-0.2, 0) is 4.79 Å². The maximum Gasteiger partial charge on any atom is 0.195 e. The van der Waals surface area contributed by atoms with Gasteiger partial charge in [-0.3, -0.25) is 4.79 Å². The summed E-state index contributed by atoms with van der Waals surface area (Å²) in [6.45, 7) is 4.35. The molecule has 0 spiro atoms. The van der Waals surface area contributed by atoms with Crippen molar-refractivity contribution in [3.05, 3.63) is 0 Å². The van der Waals surface area contributed by atoms with Crippen LogP contribution < -0.4 is 0 Å². The molecule has 2 unspecified atom stereocenters. The average Bonchev–Trinajstić information content (AvgIpc) is 2.14. The fourth-order valence-corrected chi connectivity index (χ4v) is 1.41. The van der Waals surface area contributed by atoms with E-state index in [2.05, 4.69) is 0 Å². The zero-order valence-corrected chi connectivity index (χ0v) is 9.88. The van der Waals surface area contributed by atoms with Crippen molar-refractivity contribution >= 4 is 5.78 Å². The van der Waals surface area contributed by atoms with E-state index in [9.17, 15) is 20.1 Å². The molecule has 5 atom stereocenters. The van der Waals surface area contributed by atoms with E-state index in [1.807, 2.05) is 0 Å². The van der Waals surface area contributed by atoms with Crippen LogP contribution in [0.5, 0.6) is 0 Å². The van der Waals surface area contributed by atoms with Crippen molar-refractivity contribution in [2.24, 2.45) is 0 Å². The first kappa shape index (κ1) is 15.5. The minimum Gasteiger partial charge on any atom is -0.391 e. The van der Waals surface area contributed by atoms with Crippen molar-refractivity contribution in [1.29, 1.82) is 0 Å². The molecule has 96 valence electrons. The van der Waals surface area contributed by atoms with Gasteiger partial charge in [0.25, 0.3) is 0 Å². The zero-order chi connectivity index (χ0) is 13.3. The van der Waals surface area contributed by atoms with Gasteiger partial charge >= 0.3 is 0 Å². The minimum absolute atomic E-state index is 0.980. The van der Waals surface area contributed by atoms with Crippen molar-refractivity contribution in [1.82, 2.24) is 0 Å². The molecule has 0 aromatic rings. The highest BCUT2D eigenvalue weighted by molar-refractivity contribution is 5.91. The average molecular weight is 236 g/mol. The summed E-state index contributed by atoms with van der Waals surface area (Å²) in [6.07, 6.45) is -4.53. The third-order valence-electron chi connectivity index (χ3n) is 2.88. The molecule has 6 nitrogen and oxygen atoms in total. The van der Waals surface area contributed by atoms with Gasteiger partial charge in [-0.25, -0.2) is 0 Å². The summed E-state index contributed by atoms with van der Waals surface area (Å²) < 4.78 is 0. The number of Topliss-reactive ketones (excluding diaryl/α,β-unsaturated/α-hetero) is 1. The topological polar surface area (TPSA) is 118 Å². The number of hydrogen-bond acceptors (Lipinski definition) is 6. The summed E-state index contributed by atoms with van der Waals surface area (Å²) >= 11 is 0. The Kier molecular flexibility index (Phi) is 4.61.